The van der Waals surface area contributed by atoms with Gasteiger partial charge in [0.15, 0.2) is 0 Å². The number of hydrogen-bond acceptors (Lipinski definition) is 3. The fraction of sp³-hybridized carbons (Fsp3) is 0.500. The number of rotatable bonds is 1. The largest absolute Gasteiger partial charge is 0.456 e. The molecule has 0 saturated heterocycles. The third-order valence-corrected chi connectivity index (χ3v) is 1.13. The second-order valence-electron chi connectivity index (χ2n) is 3.49. The Morgan fingerprint density at radius 3 is 2.54 bits per heavy atom. The molecule has 5 heteroatoms. The van der Waals surface area contributed by atoms with Crippen LogP contribution >= 0.6 is 0 Å². The van der Waals surface area contributed by atoms with Gasteiger partial charge in [-0.3, -0.25) is 5.10 Å². The van der Waals surface area contributed by atoms with Crippen molar-refractivity contribution in [2.24, 2.45) is 0 Å². The molecule has 0 amide bonds. The fourth-order valence-electron chi connectivity index (χ4n) is 0.700. The van der Waals surface area contributed by atoms with E-state index < -0.39 is 5.60 Å². The quantitative estimate of drug-likeness (QED) is 0.552. The van der Waals surface area contributed by atoms with Crippen LogP contribution in [0.2, 0.25) is 0 Å². The van der Waals surface area contributed by atoms with Gasteiger partial charge in [-0.15, -0.1) is 0 Å². The Labute approximate surface area is 120 Å². The predicted octanol–water partition coefficient (Wildman–Crippen LogP) is 0.984. The topological polar surface area (TPSA) is 55.0 Å². The molecule has 1 radical (unpaired) electrons. The third kappa shape index (κ3) is 4.92. The van der Waals surface area contributed by atoms with E-state index in [1.54, 1.807) is 0 Å². The van der Waals surface area contributed by atoms with Gasteiger partial charge in [-0.05, 0) is 20.8 Å². The molecule has 1 aromatic rings. The van der Waals surface area contributed by atoms with Gasteiger partial charge in [0.1, 0.15) is 5.60 Å². The standard InChI is InChI=1S/C8H12N2O2.K/c1-8(2,3)12-7(11)6-4-9-10-5-6;/h4-5H,1-3H3,(H,9,10);. The van der Waals surface area contributed by atoms with Gasteiger partial charge in [0, 0.05) is 57.6 Å². The van der Waals surface area contributed by atoms with Crippen LogP contribution in [-0.2, 0) is 4.74 Å². The summed E-state index contributed by atoms with van der Waals surface area (Å²) in [5.74, 6) is -0.351. The molecule has 0 unspecified atom stereocenters. The van der Waals surface area contributed by atoms with Crippen molar-refractivity contribution in [1.29, 1.82) is 0 Å². The van der Waals surface area contributed by atoms with Crippen molar-refractivity contribution in [1.82, 2.24) is 10.2 Å². The summed E-state index contributed by atoms with van der Waals surface area (Å²) in [5, 5.41) is 6.19. The molecule has 0 saturated carbocycles. The summed E-state index contributed by atoms with van der Waals surface area (Å²) in [5.41, 5.74) is -0.00104. The maximum atomic E-state index is 11.2. The van der Waals surface area contributed by atoms with Crippen molar-refractivity contribution < 1.29 is 9.53 Å². The number of nitrogens with one attached hydrogen (secondary N) is 1. The Morgan fingerprint density at radius 1 is 1.54 bits per heavy atom. The first-order chi connectivity index (χ1) is 5.49. The van der Waals surface area contributed by atoms with E-state index in [2.05, 4.69) is 10.2 Å². The Balaban J connectivity index is 0.00000144. The van der Waals surface area contributed by atoms with E-state index in [9.17, 15) is 4.79 Å². The van der Waals surface area contributed by atoms with Crippen LogP contribution in [0.15, 0.2) is 12.4 Å². The number of nitrogens with zero attached hydrogens (tertiary/aromatic N) is 1. The summed E-state index contributed by atoms with van der Waals surface area (Å²) >= 11 is 0. The van der Waals surface area contributed by atoms with Crippen LogP contribution in [0.5, 0.6) is 0 Å². The summed E-state index contributed by atoms with van der Waals surface area (Å²) in [4.78, 5) is 11.2. The molecule has 0 aliphatic heterocycles. The molecule has 0 spiro atoms. The van der Waals surface area contributed by atoms with Gasteiger partial charge < -0.3 is 4.74 Å². The second kappa shape index (κ2) is 5.26. The number of carbonyl (C=O) groups is 1. The van der Waals surface area contributed by atoms with Crippen molar-refractivity contribution in [3.05, 3.63) is 18.0 Å². The average Bonchev–Trinajstić information content (AvgIpc) is 2.32. The number of ether oxygens (including phenoxy) is 1. The molecule has 0 atom stereocenters. The minimum atomic E-state index is -0.450. The zero-order valence-corrected chi connectivity index (χ0v) is 11.5. The number of aromatic amines is 1. The normalized spacial score (nSPS) is 10.4. The van der Waals surface area contributed by atoms with E-state index in [-0.39, 0.29) is 57.4 Å². The SMILES string of the molecule is CC(C)(C)OC(=O)c1cn[nH]c1.[K]. The van der Waals surface area contributed by atoms with Gasteiger partial charge in [0.25, 0.3) is 0 Å². The van der Waals surface area contributed by atoms with E-state index >= 15 is 0 Å². The molecule has 0 aliphatic carbocycles. The molecule has 1 N–H and O–H groups in total. The Kier molecular flexibility index (Phi) is 5.39. The van der Waals surface area contributed by atoms with Crippen LogP contribution in [-0.4, -0.2) is 73.2 Å². The van der Waals surface area contributed by atoms with Crippen molar-refractivity contribution in [2.45, 2.75) is 26.4 Å². The van der Waals surface area contributed by atoms with Crippen molar-refractivity contribution in [3.8, 4) is 0 Å². The molecule has 0 aromatic carbocycles. The van der Waals surface area contributed by atoms with Crippen molar-refractivity contribution in [2.75, 3.05) is 0 Å². The van der Waals surface area contributed by atoms with Crippen LogP contribution in [0.1, 0.15) is 31.1 Å². The molecule has 0 aliphatic rings. The summed E-state index contributed by atoms with van der Waals surface area (Å²) in [6, 6.07) is 0. The van der Waals surface area contributed by atoms with Crippen LogP contribution in [0.3, 0.4) is 0 Å². The number of carbonyl (C=O) groups excluding carboxylic acids is 1. The van der Waals surface area contributed by atoms with Gasteiger partial charge in [-0.1, -0.05) is 0 Å². The maximum absolute atomic E-state index is 11.2. The van der Waals surface area contributed by atoms with E-state index in [1.807, 2.05) is 20.8 Å². The molecule has 13 heavy (non-hydrogen) atoms. The van der Waals surface area contributed by atoms with E-state index in [0.29, 0.717) is 5.56 Å². The van der Waals surface area contributed by atoms with Gasteiger partial charge in [0.05, 0.1) is 11.8 Å². The minimum absolute atomic E-state index is 0. The molecule has 1 aromatic heterocycles. The zero-order chi connectivity index (χ0) is 9.19. The van der Waals surface area contributed by atoms with Gasteiger partial charge >= 0.3 is 5.97 Å². The Hall–Kier alpha value is 0.316. The monoisotopic (exact) mass is 207 g/mol. The maximum Gasteiger partial charge on any atom is 0.341 e. The first-order valence-corrected chi connectivity index (χ1v) is 3.71. The van der Waals surface area contributed by atoms with E-state index in [0.717, 1.165) is 0 Å². The molecule has 4 nitrogen and oxygen atoms in total. The number of aromatic nitrogens is 2. The average molecular weight is 207 g/mol. The van der Waals surface area contributed by atoms with Gasteiger partial charge in [0.2, 0.25) is 0 Å². The number of H-pyrrole nitrogens is 1. The minimum Gasteiger partial charge on any atom is -0.456 e. The summed E-state index contributed by atoms with van der Waals surface area (Å²) in [7, 11) is 0. The molecule has 0 bridgehead atoms. The molecule has 0 fully saturated rings. The van der Waals surface area contributed by atoms with Crippen LogP contribution in [0.4, 0.5) is 0 Å². The molecule has 1 heterocycles. The van der Waals surface area contributed by atoms with Crippen LogP contribution in [0.25, 0.3) is 0 Å². The first-order valence-electron chi connectivity index (χ1n) is 3.71. The van der Waals surface area contributed by atoms with E-state index in [4.69, 9.17) is 4.74 Å². The van der Waals surface area contributed by atoms with E-state index in [1.165, 1.54) is 12.4 Å². The Morgan fingerprint density at radius 2 is 2.15 bits per heavy atom. The number of hydrogen-bond donors (Lipinski definition) is 1. The summed E-state index contributed by atoms with van der Waals surface area (Å²) < 4.78 is 5.08. The number of esters is 1. The molecular weight excluding hydrogens is 195 g/mol. The fourth-order valence-corrected chi connectivity index (χ4v) is 0.700. The predicted molar refractivity (Wildman–Crippen MR) is 49.5 cm³/mol. The van der Waals surface area contributed by atoms with Crippen molar-refractivity contribution in [3.63, 3.8) is 0 Å². The molecule has 1 rings (SSSR count). The second-order valence-corrected chi connectivity index (χ2v) is 3.49. The summed E-state index contributed by atoms with van der Waals surface area (Å²) in [6.45, 7) is 5.47. The first kappa shape index (κ1) is 13.3. The van der Waals surface area contributed by atoms with Crippen molar-refractivity contribution >= 4 is 57.4 Å². The molecule has 67 valence electrons. The zero-order valence-electron chi connectivity index (χ0n) is 8.42. The summed E-state index contributed by atoms with van der Waals surface area (Å²) in [6.07, 6.45) is 2.95. The third-order valence-electron chi connectivity index (χ3n) is 1.13. The Bertz CT molecular complexity index is 264. The van der Waals surface area contributed by atoms with Gasteiger partial charge in [-0.2, -0.15) is 5.10 Å². The molecular formula is C8H12KN2O2. The van der Waals surface area contributed by atoms with Gasteiger partial charge in [-0.25, -0.2) is 4.79 Å². The van der Waals surface area contributed by atoms with Crippen LogP contribution in [0, 0.1) is 0 Å². The smallest absolute Gasteiger partial charge is 0.341 e. The van der Waals surface area contributed by atoms with Crippen LogP contribution < -0.4 is 0 Å².